The number of unbranched alkanes of at least 4 members (excludes halogenated alkanes) is 26. The van der Waals surface area contributed by atoms with E-state index in [4.69, 9.17) is 4.74 Å². The van der Waals surface area contributed by atoms with Crippen LogP contribution in [0, 0.1) is 0 Å². The highest BCUT2D eigenvalue weighted by atomic mass is 16.5. The van der Waals surface area contributed by atoms with Crippen molar-refractivity contribution in [3.05, 3.63) is 24.3 Å². The van der Waals surface area contributed by atoms with Gasteiger partial charge in [0.05, 0.1) is 25.2 Å². The number of carbonyl (C=O) groups is 2. The van der Waals surface area contributed by atoms with Crippen molar-refractivity contribution < 1.29 is 24.5 Å². The summed E-state index contributed by atoms with van der Waals surface area (Å²) in [5, 5.41) is 23.6. The van der Waals surface area contributed by atoms with E-state index in [-0.39, 0.29) is 24.9 Å². The van der Waals surface area contributed by atoms with Gasteiger partial charge in [-0.05, 0) is 44.9 Å². The summed E-state index contributed by atoms with van der Waals surface area (Å²) in [5.74, 6) is -0.552. The minimum Gasteiger partial charge on any atom is -0.462 e. The van der Waals surface area contributed by atoms with Crippen LogP contribution in [0.1, 0.15) is 245 Å². The fourth-order valence-electron chi connectivity index (χ4n) is 7.19. The smallest absolute Gasteiger partial charge is 0.306 e. The lowest BCUT2D eigenvalue weighted by Crippen LogP contribution is -2.46. The first kappa shape index (κ1) is 52.3. The molecule has 0 radical (unpaired) electrons. The van der Waals surface area contributed by atoms with Gasteiger partial charge in [0.1, 0.15) is 6.10 Å². The second kappa shape index (κ2) is 42.5. The molecule has 6 nitrogen and oxygen atoms in total. The van der Waals surface area contributed by atoms with Crippen LogP contribution < -0.4 is 5.32 Å². The fourth-order valence-corrected chi connectivity index (χ4v) is 7.19. The first-order chi connectivity index (χ1) is 26.5. The summed E-state index contributed by atoms with van der Waals surface area (Å²) in [5.41, 5.74) is 0. The zero-order chi connectivity index (χ0) is 39.6. The topological polar surface area (TPSA) is 95.9 Å². The number of hydrogen-bond acceptors (Lipinski definition) is 5. The molecule has 3 unspecified atom stereocenters. The number of amides is 1. The van der Waals surface area contributed by atoms with Crippen molar-refractivity contribution in [3.8, 4) is 0 Å². The van der Waals surface area contributed by atoms with Crippen molar-refractivity contribution in [2.45, 2.75) is 264 Å². The molecule has 0 aromatic heterocycles. The van der Waals surface area contributed by atoms with Crippen molar-refractivity contribution in [3.63, 3.8) is 0 Å². The van der Waals surface area contributed by atoms with Gasteiger partial charge in [0, 0.05) is 6.42 Å². The largest absolute Gasteiger partial charge is 0.462 e. The highest BCUT2D eigenvalue weighted by Gasteiger charge is 2.24. The number of aliphatic hydroxyl groups is 2. The molecule has 0 aromatic rings. The second-order valence-corrected chi connectivity index (χ2v) is 16.2. The summed E-state index contributed by atoms with van der Waals surface area (Å²) in [6.07, 6.45) is 46.9. The summed E-state index contributed by atoms with van der Waals surface area (Å²) in [6, 6.07) is -0.705. The number of allylic oxidation sites excluding steroid dienone is 4. The van der Waals surface area contributed by atoms with Crippen LogP contribution in [0.3, 0.4) is 0 Å². The lowest BCUT2D eigenvalue weighted by molar-refractivity contribution is -0.150. The molecular weight excluding hydrogens is 671 g/mol. The average Bonchev–Trinajstić information content (AvgIpc) is 3.16. The molecule has 318 valence electrons. The monoisotopic (exact) mass is 762 g/mol. The first-order valence-electron chi connectivity index (χ1n) is 23.6. The number of esters is 1. The number of carbonyl (C=O) groups excluding carboxylic acids is 2. The standard InChI is InChI=1S/C48H91NO5/c1-4-7-10-13-16-18-20-22-23-25-26-28-31-34-37-40-46(51)45(43-50)49-47(52)42-44(39-36-33-30-15-12-9-6-3)54-48(53)41-38-35-32-29-27-24-21-19-17-14-11-8-5-2/h24,27,32,35,44-46,50-51H,4-23,25-26,28-31,33-34,36-43H2,1-3H3,(H,49,52)/b27-24-,35-32+. The van der Waals surface area contributed by atoms with Gasteiger partial charge in [0.2, 0.25) is 5.91 Å². The SMILES string of the molecule is CCCCCCCC/C=C\C/C=C/CCC(=O)OC(CCCCCCCCC)CC(=O)NC(CO)C(O)CCCCCCCCCCCCCCCCC. The Morgan fingerprint density at radius 2 is 0.944 bits per heavy atom. The molecular formula is C48H91NO5. The highest BCUT2D eigenvalue weighted by molar-refractivity contribution is 5.77. The van der Waals surface area contributed by atoms with Crippen LogP contribution in [-0.2, 0) is 14.3 Å². The normalized spacial score (nSPS) is 13.5. The minimum absolute atomic E-state index is 0.0585. The zero-order valence-corrected chi connectivity index (χ0v) is 36.1. The van der Waals surface area contributed by atoms with E-state index in [1.54, 1.807) is 0 Å². The maximum Gasteiger partial charge on any atom is 0.306 e. The summed E-state index contributed by atoms with van der Waals surface area (Å²) < 4.78 is 5.84. The van der Waals surface area contributed by atoms with Gasteiger partial charge in [0.25, 0.3) is 0 Å². The quantitative estimate of drug-likeness (QED) is 0.0327. The van der Waals surface area contributed by atoms with Crippen molar-refractivity contribution in [2.24, 2.45) is 0 Å². The van der Waals surface area contributed by atoms with Crippen LogP contribution in [0.4, 0.5) is 0 Å². The molecule has 0 heterocycles. The van der Waals surface area contributed by atoms with Gasteiger partial charge in [0.15, 0.2) is 0 Å². The van der Waals surface area contributed by atoms with Crippen LogP contribution in [0.25, 0.3) is 0 Å². The third kappa shape index (κ3) is 37.3. The molecule has 0 fully saturated rings. The summed E-state index contributed by atoms with van der Waals surface area (Å²) >= 11 is 0. The Kier molecular flexibility index (Phi) is 41.2. The molecule has 0 aliphatic carbocycles. The molecule has 54 heavy (non-hydrogen) atoms. The van der Waals surface area contributed by atoms with Crippen LogP contribution in [0.15, 0.2) is 24.3 Å². The summed E-state index contributed by atoms with van der Waals surface area (Å²) in [6.45, 7) is 6.43. The summed E-state index contributed by atoms with van der Waals surface area (Å²) in [4.78, 5) is 25.8. The molecule has 0 aromatic carbocycles. The lowest BCUT2D eigenvalue weighted by Gasteiger charge is -2.24. The Morgan fingerprint density at radius 1 is 0.537 bits per heavy atom. The van der Waals surface area contributed by atoms with E-state index in [1.165, 1.54) is 141 Å². The fraction of sp³-hybridized carbons (Fsp3) is 0.875. The Balaban J connectivity index is 4.45. The maximum absolute atomic E-state index is 13.1. The molecule has 0 rings (SSSR count). The van der Waals surface area contributed by atoms with Gasteiger partial charge in [-0.1, -0.05) is 212 Å². The van der Waals surface area contributed by atoms with E-state index in [1.807, 2.05) is 6.08 Å². The first-order valence-corrected chi connectivity index (χ1v) is 23.6. The number of hydrogen-bond donors (Lipinski definition) is 3. The predicted molar refractivity (Wildman–Crippen MR) is 232 cm³/mol. The molecule has 0 spiro atoms. The van der Waals surface area contributed by atoms with Crippen LogP contribution in [0.2, 0.25) is 0 Å². The van der Waals surface area contributed by atoms with E-state index < -0.39 is 18.2 Å². The van der Waals surface area contributed by atoms with Gasteiger partial charge in [-0.3, -0.25) is 9.59 Å². The van der Waals surface area contributed by atoms with Gasteiger partial charge in [-0.2, -0.15) is 0 Å². The maximum atomic E-state index is 13.1. The van der Waals surface area contributed by atoms with Crippen molar-refractivity contribution >= 4 is 11.9 Å². The Bertz CT molecular complexity index is 858. The third-order valence-electron chi connectivity index (χ3n) is 10.8. The molecule has 0 aliphatic rings. The average molecular weight is 762 g/mol. The molecule has 0 bridgehead atoms. The second-order valence-electron chi connectivity index (χ2n) is 16.2. The van der Waals surface area contributed by atoms with Gasteiger partial charge < -0.3 is 20.3 Å². The van der Waals surface area contributed by atoms with Crippen molar-refractivity contribution in [1.82, 2.24) is 5.32 Å². The number of rotatable bonds is 42. The number of nitrogens with one attached hydrogen (secondary N) is 1. The van der Waals surface area contributed by atoms with Crippen molar-refractivity contribution in [2.75, 3.05) is 6.61 Å². The third-order valence-corrected chi connectivity index (χ3v) is 10.8. The minimum atomic E-state index is -0.790. The molecule has 3 N–H and O–H groups in total. The Morgan fingerprint density at radius 3 is 1.41 bits per heavy atom. The van der Waals surface area contributed by atoms with Crippen molar-refractivity contribution in [1.29, 1.82) is 0 Å². The molecule has 6 heteroatoms. The molecule has 0 aliphatic heterocycles. The van der Waals surface area contributed by atoms with Crippen LogP contribution >= 0.6 is 0 Å². The van der Waals surface area contributed by atoms with Crippen LogP contribution in [-0.4, -0.2) is 46.9 Å². The van der Waals surface area contributed by atoms with Gasteiger partial charge in [-0.15, -0.1) is 0 Å². The predicted octanol–water partition coefficient (Wildman–Crippen LogP) is 13.6. The molecule has 0 saturated carbocycles. The Labute approximate surface area is 335 Å². The van der Waals surface area contributed by atoms with E-state index >= 15 is 0 Å². The van der Waals surface area contributed by atoms with Gasteiger partial charge in [-0.25, -0.2) is 0 Å². The molecule has 0 saturated heterocycles. The lowest BCUT2D eigenvalue weighted by atomic mass is 10.0. The highest BCUT2D eigenvalue weighted by Crippen LogP contribution is 2.17. The van der Waals surface area contributed by atoms with E-state index in [0.29, 0.717) is 25.7 Å². The molecule has 1 amide bonds. The van der Waals surface area contributed by atoms with E-state index in [2.05, 4.69) is 44.3 Å². The molecule has 3 atom stereocenters. The van der Waals surface area contributed by atoms with Gasteiger partial charge >= 0.3 is 5.97 Å². The number of ether oxygens (including phenoxy) is 1. The van der Waals surface area contributed by atoms with E-state index in [0.717, 1.165) is 51.4 Å². The van der Waals surface area contributed by atoms with Crippen LogP contribution in [0.5, 0.6) is 0 Å². The van der Waals surface area contributed by atoms with E-state index in [9.17, 15) is 19.8 Å². The number of aliphatic hydroxyl groups excluding tert-OH is 2. The Hall–Kier alpha value is -1.66. The zero-order valence-electron chi connectivity index (χ0n) is 36.1. The summed E-state index contributed by atoms with van der Waals surface area (Å²) in [7, 11) is 0.